The van der Waals surface area contributed by atoms with Crippen LogP contribution in [-0.2, 0) is 4.79 Å². The first-order valence-corrected chi connectivity index (χ1v) is 9.26. The third-order valence-corrected chi connectivity index (χ3v) is 4.47. The molecular formula is C22H20N6O2. The summed E-state index contributed by atoms with van der Waals surface area (Å²) in [5, 5.41) is 12.1. The summed E-state index contributed by atoms with van der Waals surface area (Å²) in [5.41, 5.74) is 8.59. The second kappa shape index (κ2) is 8.04. The van der Waals surface area contributed by atoms with Crippen molar-refractivity contribution in [3.8, 4) is 5.75 Å². The van der Waals surface area contributed by atoms with Gasteiger partial charge >= 0.3 is 0 Å². The Morgan fingerprint density at radius 2 is 2.13 bits per heavy atom. The molecule has 8 nitrogen and oxygen atoms in total. The zero-order chi connectivity index (χ0) is 21.1. The number of carbonyl (C=O) groups excluding carboxylic acids is 1. The number of fused-ring (bicyclic) bond motifs is 2. The number of primary amides is 1. The van der Waals surface area contributed by atoms with E-state index in [0.29, 0.717) is 17.4 Å². The maximum absolute atomic E-state index is 11.0. The van der Waals surface area contributed by atoms with E-state index >= 15 is 0 Å². The highest BCUT2D eigenvalue weighted by Crippen LogP contribution is 2.30. The van der Waals surface area contributed by atoms with Gasteiger partial charge < -0.3 is 15.8 Å². The summed E-state index contributed by atoms with van der Waals surface area (Å²) in [4.78, 5) is 20.4. The minimum Gasteiger partial charge on any atom is -0.484 e. The Morgan fingerprint density at radius 1 is 1.27 bits per heavy atom. The number of allylic oxidation sites excluding steroid dienone is 3. The third-order valence-electron chi connectivity index (χ3n) is 4.47. The Kier molecular flexibility index (Phi) is 5.13. The maximum atomic E-state index is 11.0. The molecule has 0 saturated carbocycles. The molecule has 0 bridgehead atoms. The minimum absolute atomic E-state index is 0.203. The van der Waals surface area contributed by atoms with Gasteiger partial charge in [0.25, 0.3) is 5.91 Å². The van der Waals surface area contributed by atoms with E-state index in [4.69, 9.17) is 15.5 Å². The fraction of sp³-hybridized carbons (Fsp3) is 0.0909. The van der Waals surface area contributed by atoms with Gasteiger partial charge in [0.15, 0.2) is 12.4 Å². The van der Waals surface area contributed by atoms with Crippen LogP contribution in [0.15, 0.2) is 61.3 Å². The van der Waals surface area contributed by atoms with Gasteiger partial charge in [-0.3, -0.25) is 9.89 Å². The van der Waals surface area contributed by atoms with Crippen molar-refractivity contribution >= 4 is 44.8 Å². The molecule has 0 saturated heterocycles. The van der Waals surface area contributed by atoms with Gasteiger partial charge in [0, 0.05) is 16.5 Å². The first-order valence-electron chi connectivity index (χ1n) is 9.26. The average Bonchev–Trinajstić information content (AvgIpc) is 3.20. The van der Waals surface area contributed by atoms with Crippen molar-refractivity contribution in [3.05, 3.63) is 67.2 Å². The van der Waals surface area contributed by atoms with E-state index in [2.05, 4.69) is 27.1 Å². The molecule has 0 spiro atoms. The molecule has 150 valence electrons. The number of rotatable bonds is 7. The van der Waals surface area contributed by atoms with Crippen LogP contribution in [0, 0.1) is 0 Å². The summed E-state index contributed by atoms with van der Waals surface area (Å²) < 4.78 is 5.45. The van der Waals surface area contributed by atoms with E-state index in [1.165, 1.54) is 0 Å². The van der Waals surface area contributed by atoms with Crippen molar-refractivity contribution in [3.63, 3.8) is 0 Å². The molecule has 2 aromatic heterocycles. The number of nitrogens with one attached hydrogen (secondary N) is 2. The summed E-state index contributed by atoms with van der Waals surface area (Å²) in [6, 6.07) is 11.2. The number of nitrogens with zero attached hydrogens (tertiary/aromatic N) is 3. The van der Waals surface area contributed by atoms with Crippen molar-refractivity contribution in [2.75, 3.05) is 11.9 Å². The molecule has 0 aliphatic rings. The number of nitrogens with two attached hydrogens (primary N) is 1. The molecular weight excluding hydrogens is 380 g/mol. The van der Waals surface area contributed by atoms with E-state index in [0.717, 1.165) is 33.1 Å². The number of carbonyl (C=O) groups is 1. The summed E-state index contributed by atoms with van der Waals surface area (Å²) in [6.45, 7) is 5.46. The van der Waals surface area contributed by atoms with Crippen LogP contribution in [0.1, 0.15) is 12.7 Å². The molecule has 0 aliphatic carbocycles. The maximum Gasteiger partial charge on any atom is 0.255 e. The van der Waals surface area contributed by atoms with Crippen molar-refractivity contribution < 1.29 is 9.53 Å². The molecule has 0 atom stereocenters. The van der Waals surface area contributed by atoms with Crippen molar-refractivity contribution in [1.29, 1.82) is 0 Å². The predicted molar refractivity (Wildman–Crippen MR) is 117 cm³/mol. The van der Waals surface area contributed by atoms with E-state index in [1.54, 1.807) is 24.4 Å². The SMILES string of the molecule is C=C/C=C(\C)c1nc(Nc2ccc3[nH]ncc3c2)c2cc(OCC(N)=O)ccc2n1. The Bertz CT molecular complexity index is 1290. The minimum atomic E-state index is -0.543. The average molecular weight is 400 g/mol. The van der Waals surface area contributed by atoms with Crippen LogP contribution in [0.2, 0.25) is 0 Å². The quantitative estimate of drug-likeness (QED) is 0.407. The third kappa shape index (κ3) is 3.97. The lowest BCUT2D eigenvalue weighted by Gasteiger charge is -2.13. The molecule has 0 unspecified atom stereocenters. The van der Waals surface area contributed by atoms with Crippen molar-refractivity contribution in [2.24, 2.45) is 5.73 Å². The number of ether oxygens (including phenoxy) is 1. The van der Waals surface area contributed by atoms with Gasteiger partial charge in [-0.05, 0) is 48.9 Å². The van der Waals surface area contributed by atoms with Gasteiger partial charge in [-0.15, -0.1) is 0 Å². The number of anilines is 2. The predicted octanol–water partition coefficient (Wildman–Crippen LogP) is 3.70. The fourth-order valence-corrected chi connectivity index (χ4v) is 3.03. The van der Waals surface area contributed by atoms with E-state index in [-0.39, 0.29) is 6.61 Å². The van der Waals surface area contributed by atoms with Gasteiger partial charge in [0.05, 0.1) is 17.2 Å². The first kappa shape index (κ1) is 19.1. The lowest BCUT2D eigenvalue weighted by molar-refractivity contribution is -0.119. The fourth-order valence-electron chi connectivity index (χ4n) is 3.03. The standard InChI is InChI=1S/C22H20N6O2/c1-3-4-13(2)21-26-19-8-6-16(30-12-20(23)29)10-17(19)22(27-21)25-15-5-7-18-14(9-15)11-24-28-18/h3-11H,1,12H2,2H3,(H2,23,29)(H,24,28)(H,25,26,27)/b13-4+. The largest absolute Gasteiger partial charge is 0.484 e. The molecule has 4 aromatic rings. The van der Waals surface area contributed by atoms with Gasteiger partial charge in [-0.2, -0.15) is 5.10 Å². The number of H-pyrrole nitrogens is 1. The molecule has 1 amide bonds. The number of hydrogen-bond donors (Lipinski definition) is 3. The molecule has 30 heavy (non-hydrogen) atoms. The van der Waals surface area contributed by atoms with E-state index < -0.39 is 5.91 Å². The first-order chi connectivity index (χ1) is 14.5. The number of aromatic nitrogens is 4. The summed E-state index contributed by atoms with van der Waals surface area (Å²) >= 11 is 0. The number of amides is 1. The highest BCUT2D eigenvalue weighted by Gasteiger charge is 2.12. The molecule has 0 radical (unpaired) electrons. The van der Waals surface area contributed by atoms with Crippen LogP contribution >= 0.6 is 0 Å². The highest BCUT2D eigenvalue weighted by atomic mass is 16.5. The second-order valence-electron chi connectivity index (χ2n) is 6.71. The molecule has 0 fully saturated rings. The molecule has 2 aromatic carbocycles. The smallest absolute Gasteiger partial charge is 0.255 e. The summed E-state index contributed by atoms with van der Waals surface area (Å²) in [7, 11) is 0. The number of benzene rings is 2. The van der Waals surface area contributed by atoms with Crippen LogP contribution < -0.4 is 15.8 Å². The molecule has 8 heteroatoms. The molecule has 2 heterocycles. The summed E-state index contributed by atoms with van der Waals surface area (Å²) in [6.07, 6.45) is 5.31. The van der Waals surface area contributed by atoms with Crippen molar-refractivity contribution in [1.82, 2.24) is 20.2 Å². The Labute approximate surface area is 172 Å². The van der Waals surface area contributed by atoms with E-state index in [9.17, 15) is 4.79 Å². The van der Waals surface area contributed by atoms with Gasteiger partial charge in [0.1, 0.15) is 11.6 Å². The number of aromatic amines is 1. The zero-order valence-electron chi connectivity index (χ0n) is 16.3. The second-order valence-corrected chi connectivity index (χ2v) is 6.71. The molecule has 4 rings (SSSR count). The van der Waals surface area contributed by atoms with Crippen LogP contribution in [0.3, 0.4) is 0 Å². The Balaban J connectivity index is 1.81. The topological polar surface area (TPSA) is 119 Å². The summed E-state index contributed by atoms with van der Waals surface area (Å²) in [5.74, 6) is 1.15. The van der Waals surface area contributed by atoms with Gasteiger partial charge in [-0.1, -0.05) is 18.7 Å². The Morgan fingerprint density at radius 3 is 2.93 bits per heavy atom. The van der Waals surface area contributed by atoms with Crippen LogP contribution in [0.5, 0.6) is 5.75 Å². The van der Waals surface area contributed by atoms with Crippen molar-refractivity contribution in [2.45, 2.75) is 6.92 Å². The lowest BCUT2D eigenvalue weighted by atomic mass is 10.2. The van der Waals surface area contributed by atoms with Crippen LogP contribution in [-0.4, -0.2) is 32.7 Å². The van der Waals surface area contributed by atoms with Gasteiger partial charge in [-0.25, -0.2) is 9.97 Å². The van der Waals surface area contributed by atoms with Gasteiger partial charge in [0.2, 0.25) is 0 Å². The molecule has 4 N–H and O–H groups in total. The van der Waals surface area contributed by atoms with Crippen LogP contribution in [0.4, 0.5) is 11.5 Å². The Hall–Kier alpha value is -4.20. The molecule has 0 aliphatic heterocycles. The normalized spacial score (nSPS) is 11.6. The van der Waals surface area contributed by atoms with E-state index in [1.807, 2.05) is 37.3 Å². The van der Waals surface area contributed by atoms with Crippen LogP contribution in [0.25, 0.3) is 27.4 Å². The zero-order valence-corrected chi connectivity index (χ0v) is 16.3. The lowest BCUT2D eigenvalue weighted by Crippen LogP contribution is -2.20. The number of hydrogen-bond acceptors (Lipinski definition) is 6. The highest BCUT2D eigenvalue weighted by molar-refractivity contribution is 5.94. The monoisotopic (exact) mass is 400 g/mol.